The maximum absolute atomic E-state index is 12.3. The second-order valence-electron chi connectivity index (χ2n) is 13.9. The molecule has 0 fully saturated rings. The molecule has 5 N–H and O–H groups in total. The van der Waals surface area contributed by atoms with Gasteiger partial charge in [0.05, 0.1) is 6.42 Å². The van der Waals surface area contributed by atoms with E-state index >= 15 is 0 Å². The van der Waals surface area contributed by atoms with Gasteiger partial charge in [0, 0.05) is 33.0 Å². The zero-order chi connectivity index (χ0) is 35.7. The lowest BCUT2D eigenvalue weighted by Gasteiger charge is -2.14. The minimum atomic E-state index is -0.986. The number of aliphatic carboxylic acids is 1. The number of nitrogens with one attached hydrogen (secondary N) is 4. The summed E-state index contributed by atoms with van der Waals surface area (Å²) < 4.78 is 11.5. The predicted molar refractivity (Wildman–Crippen MR) is 207 cm³/mol. The third-order valence-corrected chi connectivity index (χ3v) is 9.03. The van der Waals surface area contributed by atoms with Crippen molar-refractivity contribution >= 4 is 11.9 Å². The van der Waals surface area contributed by atoms with E-state index in [0.29, 0.717) is 13.1 Å². The van der Waals surface area contributed by atoms with Gasteiger partial charge in [0.15, 0.2) is 0 Å². The normalized spacial score (nSPS) is 12.0. The first-order valence-electron chi connectivity index (χ1n) is 20.9. The molecule has 0 bridgehead atoms. The fraction of sp³-hybridized carbons (Fsp3) is 0.950. The van der Waals surface area contributed by atoms with Crippen LogP contribution in [0.1, 0.15) is 174 Å². The molecular formula is C40H82N4O5. The molecule has 0 radical (unpaired) electrons. The van der Waals surface area contributed by atoms with Crippen LogP contribution in [0.3, 0.4) is 0 Å². The molecule has 0 aromatic rings. The first-order chi connectivity index (χ1) is 24.1. The number of rotatable bonds is 42. The second kappa shape index (κ2) is 41.2. The van der Waals surface area contributed by atoms with Crippen molar-refractivity contribution in [2.75, 3.05) is 65.7 Å². The van der Waals surface area contributed by atoms with E-state index in [4.69, 9.17) is 9.47 Å². The van der Waals surface area contributed by atoms with E-state index in [1.807, 2.05) is 0 Å². The van der Waals surface area contributed by atoms with Gasteiger partial charge in [0.2, 0.25) is 5.91 Å². The Morgan fingerprint density at radius 2 is 0.837 bits per heavy atom. The molecule has 1 atom stereocenters. The van der Waals surface area contributed by atoms with E-state index in [2.05, 4.69) is 35.1 Å². The molecule has 1 amide bonds. The molecular weight excluding hydrogens is 616 g/mol. The van der Waals surface area contributed by atoms with Crippen molar-refractivity contribution in [3.8, 4) is 0 Å². The number of unbranched alkanes of at least 4 members (excludes halogenated alkanes) is 18. The van der Waals surface area contributed by atoms with E-state index in [0.717, 1.165) is 91.1 Å². The number of carboxylic acids is 1. The summed E-state index contributed by atoms with van der Waals surface area (Å²) in [7, 11) is 0. The summed E-state index contributed by atoms with van der Waals surface area (Å²) in [5.41, 5.74) is 0. The molecule has 0 aromatic heterocycles. The van der Waals surface area contributed by atoms with E-state index in [1.165, 1.54) is 116 Å². The van der Waals surface area contributed by atoms with Crippen LogP contribution in [0, 0.1) is 0 Å². The number of carboxylic acid groups (broad SMARTS) is 1. The van der Waals surface area contributed by atoms with Gasteiger partial charge in [-0.25, -0.2) is 0 Å². The van der Waals surface area contributed by atoms with Crippen molar-refractivity contribution in [2.45, 2.75) is 180 Å². The lowest BCUT2D eigenvalue weighted by atomic mass is 10.1. The molecule has 0 heterocycles. The highest BCUT2D eigenvalue weighted by molar-refractivity contribution is 5.84. The Balaban J connectivity index is 3.45. The minimum Gasteiger partial charge on any atom is -0.480 e. The smallest absolute Gasteiger partial charge is 0.321 e. The summed E-state index contributed by atoms with van der Waals surface area (Å²) in [6.07, 6.45) is 30.3. The molecule has 0 saturated heterocycles. The van der Waals surface area contributed by atoms with Crippen molar-refractivity contribution in [1.82, 2.24) is 21.3 Å². The molecule has 0 saturated carbocycles. The Bertz CT molecular complexity index is 685. The van der Waals surface area contributed by atoms with Crippen LogP contribution in [0.2, 0.25) is 0 Å². The van der Waals surface area contributed by atoms with Crippen LogP contribution in [0.15, 0.2) is 0 Å². The first kappa shape index (κ1) is 47.7. The lowest BCUT2D eigenvalue weighted by molar-refractivity contribution is -0.141. The molecule has 49 heavy (non-hydrogen) atoms. The quantitative estimate of drug-likeness (QED) is 0.0405. The molecule has 0 unspecified atom stereocenters. The van der Waals surface area contributed by atoms with Gasteiger partial charge in [0.1, 0.15) is 6.04 Å². The van der Waals surface area contributed by atoms with Gasteiger partial charge >= 0.3 is 5.97 Å². The summed E-state index contributed by atoms with van der Waals surface area (Å²) in [6, 6.07) is -0.863. The Labute approximate surface area is 303 Å². The Morgan fingerprint density at radius 3 is 1.27 bits per heavy atom. The summed E-state index contributed by atoms with van der Waals surface area (Å²) in [5, 5.41) is 22.2. The van der Waals surface area contributed by atoms with Crippen molar-refractivity contribution in [2.24, 2.45) is 0 Å². The van der Waals surface area contributed by atoms with Gasteiger partial charge in [-0.3, -0.25) is 9.59 Å². The number of amides is 1. The van der Waals surface area contributed by atoms with Crippen LogP contribution in [0.5, 0.6) is 0 Å². The monoisotopic (exact) mass is 699 g/mol. The second-order valence-corrected chi connectivity index (χ2v) is 13.9. The number of hydrogen-bond donors (Lipinski definition) is 5. The highest BCUT2D eigenvalue weighted by atomic mass is 16.5. The summed E-state index contributed by atoms with van der Waals surface area (Å²) in [5.74, 6) is -1.21. The fourth-order valence-corrected chi connectivity index (χ4v) is 5.87. The van der Waals surface area contributed by atoms with Gasteiger partial charge in [-0.2, -0.15) is 0 Å². The molecule has 0 aromatic carbocycles. The topological polar surface area (TPSA) is 121 Å². The zero-order valence-electron chi connectivity index (χ0n) is 32.4. The molecule has 0 aliphatic rings. The predicted octanol–water partition coefficient (Wildman–Crippen LogP) is 8.15. The van der Waals surface area contributed by atoms with E-state index in [1.54, 1.807) is 0 Å². The molecule has 9 heteroatoms. The number of carbonyl (C=O) groups excluding carboxylic acids is 1. The maximum atomic E-state index is 12.3. The zero-order valence-corrected chi connectivity index (χ0v) is 32.4. The van der Waals surface area contributed by atoms with Crippen LogP contribution in [0.4, 0.5) is 0 Å². The number of ether oxygens (including phenoxy) is 2. The highest BCUT2D eigenvalue weighted by Gasteiger charge is 2.20. The van der Waals surface area contributed by atoms with Gasteiger partial charge < -0.3 is 35.8 Å². The van der Waals surface area contributed by atoms with Crippen LogP contribution < -0.4 is 21.3 Å². The van der Waals surface area contributed by atoms with Gasteiger partial charge in [-0.1, -0.05) is 129 Å². The van der Waals surface area contributed by atoms with Crippen LogP contribution in [-0.2, 0) is 19.1 Å². The van der Waals surface area contributed by atoms with Crippen molar-refractivity contribution < 1.29 is 24.2 Å². The molecule has 0 rings (SSSR count). The third kappa shape index (κ3) is 39.4. The van der Waals surface area contributed by atoms with Crippen molar-refractivity contribution in [3.63, 3.8) is 0 Å². The standard InChI is InChI=1S/C40H82N4O5/c1-3-5-7-9-11-13-15-17-19-21-33-48-35-25-29-41-27-23-31-43-38(40(46)47)37-39(45)44-32-24-28-42-30-26-36-49-34-22-20-18-16-14-12-10-8-6-4-2/h38,41-43H,3-37H2,1-2H3,(H,44,45)(H,46,47)/t38-/m0/s1. The van der Waals surface area contributed by atoms with Crippen LogP contribution in [-0.4, -0.2) is 88.7 Å². The average Bonchev–Trinajstić information content (AvgIpc) is 3.09. The number of carbonyl (C=O) groups is 2. The van der Waals surface area contributed by atoms with Gasteiger partial charge in [-0.15, -0.1) is 0 Å². The average molecular weight is 699 g/mol. The first-order valence-corrected chi connectivity index (χ1v) is 20.9. The molecule has 0 spiro atoms. The van der Waals surface area contributed by atoms with Crippen molar-refractivity contribution in [1.29, 1.82) is 0 Å². The third-order valence-electron chi connectivity index (χ3n) is 9.03. The number of hydrogen-bond acceptors (Lipinski definition) is 7. The fourth-order valence-electron chi connectivity index (χ4n) is 5.87. The molecule has 0 aliphatic carbocycles. The summed E-state index contributed by atoms with van der Waals surface area (Å²) in [4.78, 5) is 23.9. The Kier molecular flexibility index (Phi) is 40.1. The minimum absolute atomic E-state index is 0.0526. The maximum Gasteiger partial charge on any atom is 0.321 e. The van der Waals surface area contributed by atoms with E-state index in [-0.39, 0.29) is 12.3 Å². The lowest BCUT2D eigenvalue weighted by Crippen LogP contribution is -2.42. The highest BCUT2D eigenvalue weighted by Crippen LogP contribution is 2.11. The summed E-state index contributed by atoms with van der Waals surface area (Å²) >= 11 is 0. The van der Waals surface area contributed by atoms with Gasteiger partial charge in [0.25, 0.3) is 0 Å². The molecule has 0 aliphatic heterocycles. The van der Waals surface area contributed by atoms with Gasteiger partial charge in [-0.05, 0) is 71.2 Å². The Hall–Kier alpha value is -1.26. The van der Waals surface area contributed by atoms with E-state index in [9.17, 15) is 14.7 Å². The summed E-state index contributed by atoms with van der Waals surface area (Å²) in [6.45, 7) is 12.3. The molecule has 292 valence electrons. The largest absolute Gasteiger partial charge is 0.480 e. The Morgan fingerprint density at radius 1 is 0.469 bits per heavy atom. The SMILES string of the molecule is CCCCCCCCCCCCOCCCNCCCNC(=O)C[C@H](NCCCNCCCOCCCCCCCCCCCC)C(=O)O. The van der Waals surface area contributed by atoms with E-state index < -0.39 is 12.0 Å². The van der Waals surface area contributed by atoms with Crippen molar-refractivity contribution in [3.05, 3.63) is 0 Å². The van der Waals surface area contributed by atoms with Crippen LogP contribution in [0.25, 0.3) is 0 Å². The molecule has 9 nitrogen and oxygen atoms in total. The van der Waals surface area contributed by atoms with Crippen LogP contribution >= 0.6 is 0 Å².